The van der Waals surface area contributed by atoms with Gasteiger partial charge in [-0.1, -0.05) is 37.6 Å². The molecule has 0 fully saturated rings. The summed E-state index contributed by atoms with van der Waals surface area (Å²) >= 11 is 0. The van der Waals surface area contributed by atoms with E-state index in [9.17, 15) is 0 Å². The van der Waals surface area contributed by atoms with Crippen LogP contribution < -0.4 is 5.32 Å². The molecule has 1 aromatic rings. The topological polar surface area (TPSA) is 15.3 Å². The van der Waals surface area contributed by atoms with Crippen LogP contribution in [0.15, 0.2) is 18.2 Å². The van der Waals surface area contributed by atoms with Crippen LogP contribution in [0.5, 0.6) is 0 Å². The Morgan fingerprint density at radius 2 is 1.83 bits per heavy atom. The van der Waals surface area contributed by atoms with Gasteiger partial charge in [0.25, 0.3) is 0 Å². The molecule has 1 unspecified atom stereocenters. The average Bonchev–Trinajstić information content (AvgIpc) is 2.25. The lowest BCUT2D eigenvalue weighted by Crippen LogP contribution is -2.41. The molecule has 0 bridgehead atoms. The molecule has 2 nitrogen and oxygen atoms in total. The smallest absolute Gasteiger partial charge is 0.0220 e. The van der Waals surface area contributed by atoms with E-state index in [0.717, 1.165) is 13.1 Å². The maximum absolute atomic E-state index is 3.69. The molecule has 0 aliphatic rings. The van der Waals surface area contributed by atoms with Gasteiger partial charge >= 0.3 is 0 Å². The average molecular weight is 248 g/mol. The standard InChI is InChI=1S/C16H28N2/c1-12(2)16(11-18(5)6)17-10-15-8-7-13(3)9-14(15)4/h7-9,12,16-17H,10-11H2,1-6H3. The lowest BCUT2D eigenvalue weighted by Gasteiger charge is -2.26. The van der Waals surface area contributed by atoms with Crippen LogP contribution in [0, 0.1) is 19.8 Å². The summed E-state index contributed by atoms with van der Waals surface area (Å²) in [5.74, 6) is 0.651. The summed E-state index contributed by atoms with van der Waals surface area (Å²) < 4.78 is 0. The molecule has 1 N–H and O–H groups in total. The van der Waals surface area contributed by atoms with Crippen molar-refractivity contribution >= 4 is 0 Å². The number of likely N-dealkylation sites (N-methyl/N-ethyl adjacent to an activating group) is 1. The van der Waals surface area contributed by atoms with Gasteiger partial charge in [-0.05, 0) is 45.0 Å². The molecule has 0 aromatic heterocycles. The fourth-order valence-corrected chi connectivity index (χ4v) is 2.19. The van der Waals surface area contributed by atoms with E-state index >= 15 is 0 Å². The Kier molecular flexibility index (Phi) is 5.83. The van der Waals surface area contributed by atoms with Crippen molar-refractivity contribution in [1.29, 1.82) is 0 Å². The van der Waals surface area contributed by atoms with Crippen molar-refractivity contribution in [3.63, 3.8) is 0 Å². The van der Waals surface area contributed by atoms with Gasteiger partial charge in [0, 0.05) is 19.1 Å². The van der Waals surface area contributed by atoms with Crippen molar-refractivity contribution in [3.05, 3.63) is 34.9 Å². The number of nitrogens with one attached hydrogen (secondary N) is 1. The Hall–Kier alpha value is -0.860. The quantitative estimate of drug-likeness (QED) is 0.832. The van der Waals surface area contributed by atoms with Crippen LogP contribution in [0.25, 0.3) is 0 Å². The van der Waals surface area contributed by atoms with Crippen LogP contribution in [0.4, 0.5) is 0 Å². The molecule has 0 heterocycles. The van der Waals surface area contributed by atoms with Gasteiger partial charge in [-0.25, -0.2) is 0 Å². The highest BCUT2D eigenvalue weighted by Crippen LogP contribution is 2.11. The second-order valence-electron chi connectivity index (χ2n) is 5.92. The first kappa shape index (κ1) is 15.2. The number of hydrogen-bond donors (Lipinski definition) is 1. The monoisotopic (exact) mass is 248 g/mol. The maximum Gasteiger partial charge on any atom is 0.0220 e. The Balaban J connectivity index is 2.61. The third-order valence-electron chi connectivity index (χ3n) is 3.42. The van der Waals surface area contributed by atoms with Crippen molar-refractivity contribution in [1.82, 2.24) is 10.2 Å². The van der Waals surface area contributed by atoms with Gasteiger partial charge in [-0.15, -0.1) is 0 Å². The minimum Gasteiger partial charge on any atom is -0.308 e. The Morgan fingerprint density at radius 1 is 1.17 bits per heavy atom. The number of rotatable bonds is 6. The highest BCUT2D eigenvalue weighted by atomic mass is 15.1. The molecule has 2 heteroatoms. The normalized spacial score (nSPS) is 13.3. The zero-order chi connectivity index (χ0) is 13.7. The second-order valence-corrected chi connectivity index (χ2v) is 5.92. The van der Waals surface area contributed by atoms with E-state index in [4.69, 9.17) is 0 Å². The molecule has 0 saturated carbocycles. The van der Waals surface area contributed by atoms with Gasteiger partial charge in [0.2, 0.25) is 0 Å². The van der Waals surface area contributed by atoms with Crippen LogP contribution >= 0.6 is 0 Å². The Morgan fingerprint density at radius 3 is 2.33 bits per heavy atom. The largest absolute Gasteiger partial charge is 0.308 e. The molecule has 0 saturated heterocycles. The summed E-state index contributed by atoms with van der Waals surface area (Å²) in [5, 5.41) is 3.69. The number of nitrogens with zero attached hydrogens (tertiary/aromatic N) is 1. The fraction of sp³-hybridized carbons (Fsp3) is 0.625. The van der Waals surface area contributed by atoms with Crippen molar-refractivity contribution in [2.75, 3.05) is 20.6 Å². The molecular weight excluding hydrogens is 220 g/mol. The van der Waals surface area contributed by atoms with Gasteiger partial charge in [-0.3, -0.25) is 0 Å². The molecule has 0 aliphatic heterocycles. The SMILES string of the molecule is Cc1ccc(CNC(CN(C)C)C(C)C)c(C)c1. The predicted molar refractivity (Wildman–Crippen MR) is 79.9 cm³/mol. The Bertz CT molecular complexity index is 369. The highest BCUT2D eigenvalue weighted by Gasteiger charge is 2.13. The van der Waals surface area contributed by atoms with E-state index in [-0.39, 0.29) is 0 Å². The summed E-state index contributed by atoms with van der Waals surface area (Å²) in [7, 11) is 4.27. The van der Waals surface area contributed by atoms with Gasteiger partial charge in [0.1, 0.15) is 0 Å². The van der Waals surface area contributed by atoms with Crippen molar-refractivity contribution in [3.8, 4) is 0 Å². The molecule has 1 atom stereocenters. The minimum absolute atomic E-state index is 0.542. The highest BCUT2D eigenvalue weighted by molar-refractivity contribution is 5.30. The summed E-state index contributed by atoms with van der Waals surface area (Å²) in [6.07, 6.45) is 0. The molecule has 102 valence electrons. The predicted octanol–water partition coefficient (Wildman–Crippen LogP) is 2.98. The Labute approximate surface area is 112 Å². The summed E-state index contributed by atoms with van der Waals surface area (Å²) in [5.41, 5.74) is 4.13. The van der Waals surface area contributed by atoms with E-state index in [1.54, 1.807) is 0 Å². The summed E-state index contributed by atoms with van der Waals surface area (Å²) in [6, 6.07) is 7.24. The molecule has 18 heavy (non-hydrogen) atoms. The van der Waals surface area contributed by atoms with Crippen LogP contribution in [0.1, 0.15) is 30.5 Å². The van der Waals surface area contributed by atoms with Gasteiger partial charge < -0.3 is 10.2 Å². The summed E-state index contributed by atoms with van der Waals surface area (Å²) in [6.45, 7) is 10.9. The molecular formula is C16H28N2. The molecule has 0 aliphatic carbocycles. The van der Waals surface area contributed by atoms with E-state index < -0.39 is 0 Å². The lowest BCUT2D eigenvalue weighted by molar-refractivity contribution is 0.288. The zero-order valence-electron chi connectivity index (χ0n) is 12.7. The maximum atomic E-state index is 3.69. The van der Waals surface area contributed by atoms with Crippen LogP contribution in [-0.4, -0.2) is 31.6 Å². The first-order valence-corrected chi connectivity index (χ1v) is 6.84. The molecule has 0 amide bonds. The van der Waals surface area contributed by atoms with Crippen LogP contribution in [0.3, 0.4) is 0 Å². The second kappa shape index (κ2) is 6.91. The van der Waals surface area contributed by atoms with Crippen LogP contribution in [-0.2, 0) is 6.54 Å². The van der Waals surface area contributed by atoms with Crippen molar-refractivity contribution in [2.24, 2.45) is 5.92 Å². The van der Waals surface area contributed by atoms with Crippen LogP contribution in [0.2, 0.25) is 0 Å². The molecule has 1 aromatic carbocycles. The number of benzene rings is 1. The van der Waals surface area contributed by atoms with E-state index in [2.05, 4.69) is 70.2 Å². The first-order chi connectivity index (χ1) is 8.40. The third-order valence-corrected chi connectivity index (χ3v) is 3.42. The molecule has 0 radical (unpaired) electrons. The fourth-order valence-electron chi connectivity index (χ4n) is 2.19. The first-order valence-electron chi connectivity index (χ1n) is 6.84. The number of hydrogen-bond acceptors (Lipinski definition) is 2. The van der Waals surface area contributed by atoms with E-state index in [1.165, 1.54) is 16.7 Å². The van der Waals surface area contributed by atoms with Crippen molar-refractivity contribution < 1.29 is 0 Å². The van der Waals surface area contributed by atoms with Gasteiger partial charge in [0.05, 0.1) is 0 Å². The number of aryl methyl sites for hydroxylation is 2. The summed E-state index contributed by atoms with van der Waals surface area (Å²) in [4.78, 5) is 2.25. The molecule has 0 spiro atoms. The van der Waals surface area contributed by atoms with E-state index in [1.807, 2.05) is 0 Å². The minimum atomic E-state index is 0.542. The van der Waals surface area contributed by atoms with E-state index in [0.29, 0.717) is 12.0 Å². The third kappa shape index (κ3) is 4.79. The van der Waals surface area contributed by atoms with Crippen molar-refractivity contribution in [2.45, 2.75) is 40.3 Å². The van der Waals surface area contributed by atoms with Gasteiger partial charge in [0.15, 0.2) is 0 Å². The zero-order valence-corrected chi connectivity index (χ0v) is 12.7. The lowest BCUT2D eigenvalue weighted by atomic mass is 10.0. The molecule has 1 rings (SSSR count). The van der Waals surface area contributed by atoms with Gasteiger partial charge in [-0.2, -0.15) is 0 Å².